The molecule has 0 unspecified atom stereocenters. The first-order chi connectivity index (χ1) is 23.5. The van der Waals surface area contributed by atoms with E-state index >= 15 is 0 Å². The molecular weight excluding hydrogens is 579 g/mol. The van der Waals surface area contributed by atoms with E-state index in [1.54, 1.807) is 0 Å². The normalized spacial score (nSPS) is 13.0. The van der Waals surface area contributed by atoms with Crippen molar-refractivity contribution >= 4 is 38.6 Å². The maximum absolute atomic E-state index is 2.36. The Morgan fingerprint density at radius 3 is 1.60 bits per heavy atom. The number of fused-ring (bicyclic) bond motifs is 6. The van der Waals surface area contributed by atoms with Crippen molar-refractivity contribution in [2.24, 2.45) is 0 Å². The molecule has 0 atom stereocenters. The Hall–Kier alpha value is -5.92. The van der Waals surface area contributed by atoms with Crippen LogP contribution >= 0.6 is 0 Å². The van der Waals surface area contributed by atoms with Crippen molar-refractivity contribution in [1.29, 1.82) is 0 Å². The molecular formula is C47H35N. The lowest BCUT2D eigenvalue weighted by molar-refractivity contribution is 0.666. The van der Waals surface area contributed by atoms with Gasteiger partial charge in [-0.2, -0.15) is 0 Å². The van der Waals surface area contributed by atoms with E-state index in [1.807, 2.05) is 0 Å². The highest BCUT2D eigenvalue weighted by atomic mass is 15.1. The van der Waals surface area contributed by atoms with Crippen LogP contribution in [0.15, 0.2) is 176 Å². The van der Waals surface area contributed by atoms with Crippen molar-refractivity contribution in [2.75, 3.05) is 4.90 Å². The van der Waals surface area contributed by atoms with E-state index in [9.17, 15) is 0 Å². The third-order valence-electron chi connectivity index (χ3n) is 10.2. The van der Waals surface area contributed by atoms with Crippen LogP contribution in [0.25, 0.3) is 54.9 Å². The number of nitrogens with zero attached hydrogens (tertiary/aromatic N) is 1. The second-order valence-electron chi connectivity index (χ2n) is 13.4. The van der Waals surface area contributed by atoms with Gasteiger partial charge in [0, 0.05) is 22.5 Å². The van der Waals surface area contributed by atoms with Crippen molar-refractivity contribution < 1.29 is 0 Å². The largest absolute Gasteiger partial charge is 0.311 e. The minimum Gasteiger partial charge on any atom is -0.311 e. The summed E-state index contributed by atoms with van der Waals surface area (Å²) in [5, 5.41) is 5.15. The lowest BCUT2D eigenvalue weighted by Gasteiger charge is -2.26. The van der Waals surface area contributed by atoms with Gasteiger partial charge in [-0.1, -0.05) is 141 Å². The fourth-order valence-electron chi connectivity index (χ4n) is 7.80. The maximum Gasteiger partial charge on any atom is 0.0462 e. The highest BCUT2D eigenvalue weighted by Crippen LogP contribution is 2.51. The van der Waals surface area contributed by atoms with Crippen LogP contribution in [0.2, 0.25) is 0 Å². The first kappa shape index (κ1) is 28.3. The van der Waals surface area contributed by atoms with Gasteiger partial charge in [-0.25, -0.2) is 0 Å². The quantitative estimate of drug-likeness (QED) is 0.187. The van der Waals surface area contributed by atoms with E-state index in [2.05, 4.69) is 195 Å². The molecule has 48 heavy (non-hydrogen) atoms. The van der Waals surface area contributed by atoms with E-state index < -0.39 is 0 Å². The van der Waals surface area contributed by atoms with Gasteiger partial charge in [0.15, 0.2) is 0 Å². The Balaban J connectivity index is 1.05. The molecule has 0 heterocycles. The van der Waals surface area contributed by atoms with Crippen LogP contribution in [-0.2, 0) is 5.41 Å². The number of rotatable bonds is 5. The third-order valence-corrected chi connectivity index (χ3v) is 10.2. The van der Waals surface area contributed by atoms with Gasteiger partial charge in [0.2, 0.25) is 0 Å². The molecule has 1 aliphatic carbocycles. The summed E-state index contributed by atoms with van der Waals surface area (Å²) >= 11 is 0. The van der Waals surface area contributed by atoms with Gasteiger partial charge in [-0.3, -0.25) is 0 Å². The molecule has 1 nitrogen and oxygen atoms in total. The van der Waals surface area contributed by atoms with E-state index in [0.717, 1.165) is 17.1 Å². The molecule has 1 heteroatoms. The van der Waals surface area contributed by atoms with Gasteiger partial charge in [0.05, 0.1) is 0 Å². The number of benzene rings is 8. The molecule has 0 radical (unpaired) electrons. The number of hydrogen-bond donors (Lipinski definition) is 0. The summed E-state index contributed by atoms with van der Waals surface area (Å²) < 4.78 is 0. The third kappa shape index (κ3) is 4.62. The summed E-state index contributed by atoms with van der Waals surface area (Å²) in [4.78, 5) is 2.33. The van der Waals surface area contributed by atoms with Crippen LogP contribution < -0.4 is 4.90 Å². The summed E-state index contributed by atoms with van der Waals surface area (Å²) in [7, 11) is 0. The first-order valence-corrected chi connectivity index (χ1v) is 16.8. The van der Waals surface area contributed by atoms with E-state index in [1.165, 1.54) is 66.1 Å². The zero-order chi connectivity index (χ0) is 32.2. The van der Waals surface area contributed by atoms with Crippen LogP contribution in [-0.4, -0.2) is 0 Å². The lowest BCUT2D eigenvalue weighted by Crippen LogP contribution is -2.15. The van der Waals surface area contributed by atoms with Crippen LogP contribution in [0.3, 0.4) is 0 Å². The molecule has 8 aromatic rings. The van der Waals surface area contributed by atoms with Gasteiger partial charge >= 0.3 is 0 Å². The Morgan fingerprint density at radius 1 is 0.375 bits per heavy atom. The minimum absolute atomic E-state index is 0.0246. The fraction of sp³-hybridized carbons (Fsp3) is 0.0638. The molecule has 0 aromatic heterocycles. The van der Waals surface area contributed by atoms with E-state index in [0.29, 0.717) is 0 Å². The molecule has 0 N–H and O–H groups in total. The average molecular weight is 614 g/mol. The molecule has 0 fully saturated rings. The molecule has 228 valence electrons. The molecule has 1 aliphatic rings. The topological polar surface area (TPSA) is 3.24 Å². The van der Waals surface area contributed by atoms with E-state index in [4.69, 9.17) is 0 Å². The molecule has 9 rings (SSSR count). The van der Waals surface area contributed by atoms with Crippen molar-refractivity contribution in [3.05, 3.63) is 187 Å². The summed E-state index contributed by atoms with van der Waals surface area (Å²) in [5.74, 6) is 0. The average Bonchev–Trinajstić information content (AvgIpc) is 3.38. The zero-order valence-electron chi connectivity index (χ0n) is 27.2. The van der Waals surface area contributed by atoms with E-state index in [-0.39, 0.29) is 5.41 Å². The van der Waals surface area contributed by atoms with Gasteiger partial charge in [-0.15, -0.1) is 0 Å². The van der Waals surface area contributed by atoms with Gasteiger partial charge in [-0.05, 0) is 115 Å². The summed E-state index contributed by atoms with van der Waals surface area (Å²) in [6.07, 6.45) is 0. The van der Waals surface area contributed by atoms with Gasteiger partial charge in [0.1, 0.15) is 0 Å². The predicted molar refractivity (Wildman–Crippen MR) is 205 cm³/mol. The Kier molecular flexibility index (Phi) is 6.55. The van der Waals surface area contributed by atoms with Crippen molar-refractivity contribution in [3.63, 3.8) is 0 Å². The molecule has 0 amide bonds. The van der Waals surface area contributed by atoms with Crippen molar-refractivity contribution in [1.82, 2.24) is 0 Å². The second kappa shape index (κ2) is 11.1. The molecule has 0 saturated carbocycles. The number of hydrogen-bond acceptors (Lipinski definition) is 1. The SMILES string of the molecule is CC1(C)c2ccccc2-c2ccc3cc(-c4ccc(N(c5ccccc5)c5ccc(-c6ccc7ccccc7c6)cc5)cc4)ccc3c21. The Morgan fingerprint density at radius 2 is 0.896 bits per heavy atom. The Labute approximate surface area is 282 Å². The fourth-order valence-corrected chi connectivity index (χ4v) is 7.80. The van der Waals surface area contributed by atoms with Gasteiger partial charge in [0.25, 0.3) is 0 Å². The molecule has 0 spiro atoms. The minimum atomic E-state index is -0.0246. The lowest BCUT2D eigenvalue weighted by atomic mass is 9.80. The predicted octanol–water partition coefficient (Wildman–Crippen LogP) is 13.1. The monoisotopic (exact) mass is 613 g/mol. The van der Waals surface area contributed by atoms with Crippen molar-refractivity contribution in [2.45, 2.75) is 19.3 Å². The standard InChI is InChI=1S/C47H35N/c1-47(2)45-15-9-8-14-43(45)44-29-23-38-31-37(22-28-42(38)46(44)47)34-20-26-41(27-21-34)48(39-12-4-3-5-13-39)40-24-18-33(19-25-40)36-17-16-32-10-6-7-11-35(32)30-36/h3-31H,1-2H3. The highest BCUT2D eigenvalue weighted by molar-refractivity contribution is 5.99. The smallest absolute Gasteiger partial charge is 0.0462 e. The first-order valence-electron chi connectivity index (χ1n) is 16.8. The number of anilines is 3. The summed E-state index contributed by atoms with van der Waals surface area (Å²) in [6, 6.07) is 64.2. The van der Waals surface area contributed by atoms with Crippen LogP contribution in [0.4, 0.5) is 17.1 Å². The van der Waals surface area contributed by atoms with Crippen LogP contribution in [0.5, 0.6) is 0 Å². The molecule has 0 saturated heterocycles. The summed E-state index contributed by atoms with van der Waals surface area (Å²) in [6.45, 7) is 4.72. The molecule has 0 aliphatic heterocycles. The van der Waals surface area contributed by atoms with Crippen LogP contribution in [0.1, 0.15) is 25.0 Å². The summed E-state index contributed by atoms with van der Waals surface area (Å²) in [5.41, 5.74) is 13.8. The Bertz CT molecular complexity index is 2450. The number of para-hydroxylation sites is 1. The zero-order valence-corrected chi connectivity index (χ0v) is 27.2. The van der Waals surface area contributed by atoms with Crippen molar-refractivity contribution in [3.8, 4) is 33.4 Å². The highest BCUT2D eigenvalue weighted by Gasteiger charge is 2.36. The molecule has 8 aromatic carbocycles. The second-order valence-corrected chi connectivity index (χ2v) is 13.4. The molecule has 0 bridgehead atoms. The van der Waals surface area contributed by atoms with Gasteiger partial charge < -0.3 is 4.90 Å². The van der Waals surface area contributed by atoms with Crippen LogP contribution in [0, 0.1) is 0 Å². The maximum atomic E-state index is 2.36.